The molecule has 1 aromatic rings. The molecule has 0 spiro atoms. The van der Waals surface area contributed by atoms with E-state index in [-0.39, 0.29) is 5.91 Å². The summed E-state index contributed by atoms with van der Waals surface area (Å²) in [7, 11) is 0. The van der Waals surface area contributed by atoms with Gasteiger partial charge in [-0.15, -0.1) is 0 Å². The van der Waals surface area contributed by atoms with Gasteiger partial charge < -0.3 is 10.2 Å². The third kappa shape index (κ3) is 3.80. The number of halogens is 1. The van der Waals surface area contributed by atoms with Crippen LogP contribution >= 0.6 is 0 Å². The van der Waals surface area contributed by atoms with E-state index in [1.54, 1.807) is 4.90 Å². The van der Waals surface area contributed by atoms with Gasteiger partial charge in [0.05, 0.1) is 0 Å². The molecule has 1 aliphatic heterocycles. The zero-order valence-electron chi connectivity index (χ0n) is 12.6. The van der Waals surface area contributed by atoms with Crippen molar-refractivity contribution < 1.29 is 14.0 Å². The summed E-state index contributed by atoms with van der Waals surface area (Å²) in [6.45, 7) is 5.47. The highest BCUT2D eigenvalue weighted by molar-refractivity contribution is 5.92. The first kappa shape index (κ1) is 15.5. The highest BCUT2D eigenvalue weighted by Gasteiger charge is 2.36. The summed E-state index contributed by atoms with van der Waals surface area (Å²) < 4.78 is 13.5. The molecule has 0 bridgehead atoms. The molecule has 114 valence electrons. The van der Waals surface area contributed by atoms with Gasteiger partial charge in [-0.3, -0.25) is 9.59 Å². The Bertz CT molecular complexity index is 534. The van der Waals surface area contributed by atoms with Crippen LogP contribution in [0, 0.1) is 6.92 Å². The lowest BCUT2D eigenvalue weighted by Crippen LogP contribution is -2.47. The summed E-state index contributed by atoms with van der Waals surface area (Å²) in [4.78, 5) is 25.5. The van der Waals surface area contributed by atoms with Crippen LogP contribution in [0.2, 0.25) is 0 Å². The van der Waals surface area contributed by atoms with Crippen LogP contribution in [0.4, 0.5) is 4.39 Å². The van der Waals surface area contributed by atoms with Crippen LogP contribution in [-0.2, 0) is 16.1 Å². The number of hydrogen-bond donors (Lipinski definition) is 1. The van der Waals surface area contributed by atoms with E-state index in [1.165, 1.54) is 19.4 Å². The lowest BCUT2D eigenvalue weighted by atomic mass is 10.1. The van der Waals surface area contributed by atoms with E-state index in [9.17, 15) is 14.0 Å². The normalized spacial score (nSPS) is 19.0. The number of carbonyl (C=O) groups is 2. The summed E-state index contributed by atoms with van der Waals surface area (Å²) in [6.07, 6.45) is 0.520. The first-order chi connectivity index (χ1) is 9.77. The Balaban J connectivity index is 1.95. The van der Waals surface area contributed by atoms with E-state index in [2.05, 4.69) is 5.32 Å². The molecule has 1 heterocycles. The average Bonchev–Trinajstić information content (AvgIpc) is 2.73. The average molecular weight is 292 g/mol. The lowest BCUT2D eigenvalue weighted by molar-refractivity contribution is -0.136. The van der Waals surface area contributed by atoms with Crippen molar-refractivity contribution >= 4 is 11.8 Å². The number of nitrogens with one attached hydrogen (secondary N) is 1. The van der Waals surface area contributed by atoms with E-state index in [1.807, 2.05) is 31.2 Å². The van der Waals surface area contributed by atoms with E-state index < -0.39 is 17.6 Å². The highest BCUT2D eigenvalue weighted by atomic mass is 19.1. The molecule has 21 heavy (non-hydrogen) atoms. The number of rotatable bonds is 4. The van der Waals surface area contributed by atoms with Gasteiger partial charge in [0, 0.05) is 13.1 Å². The molecule has 5 heteroatoms. The molecule has 1 N–H and O–H groups in total. The van der Waals surface area contributed by atoms with Crippen molar-refractivity contribution in [3.63, 3.8) is 0 Å². The molecule has 2 rings (SSSR count). The van der Waals surface area contributed by atoms with Crippen molar-refractivity contribution in [3.8, 4) is 0 Å². The molecule has 0 saturated carbocycles. The predicted molar refractivity (Wildman–Crippen MR) is 78.3 cm³/mol. The van der Waals surface area contributed by atoms with Crippen LogP contribution in [0.3, 0.4) is 0 Å². The van der Waals surface area contributed by atoms with Crippen LogP contribution in [0.1, 0.15) is 31.4 Å². The summed E-state index contributed by atoms with van der Waals surface area (Å²) in [5.41, 5.74) is 0.249. The summed E-state index contributed by atoms with van der Waals surface area (Å²) in [5.74, 6) is -0.883. The molecular weight excluding hydrogens is 271 g/mol. The fourth-order valence-electron chi connectivity index (χ4n) is 2.27. The second kappa shape index (κ2) is 5.84. The minimum absolute atomic E-state index is 0.145. The SMILES string of the molecule is Cc1ccc(CN2CC[C@@H](NC(=O)C(C)(C)F)C2=O)cc1. The van der Waals surface area contributed by atoms with E-state index >= 15 is 0 Å². The maximum absolute atomic E-state index is 13.5. The van der Waals surface area contributed by atoms with Crippen molar-refractivity contribution in [1.82, 2.24) is 10.2 Å². The first-order valence-electron chi connectivity index (χ1n) is 7.11. The van der Waals surface area contributed by atoms with Crippen LogP contribution < -0.4 is 5.32 Å². The summed E-state index contributed by atoms with van der Waals surface area (Å²) in [5, 5.41) is 2.49. The predicted octanol–water partition coefficient (Wildman–Crippen LogP) is 1.96. The van der Waals surface area contributed by atoms with Crippen molar-refractivity contribution in [2.24, 2.45) is 0 Å². The van der Waals surface area contributed by atoms with Gasteiger partial charge in [0.25, 0.3) is 5.91 Å². The van der Waals surface area contributed by atoms with Crippen molar-refractivity contribution in [3.05, 3.63) is 35.4 Å². The number of carbonyl (C=O) groups excluding carboxylic acids is 2. The maximum Gasteiger partial charge on any atom is 0.257 e. The zero-order chi connectivity index (χ0) is 15.6. The van der Waals surface area contributed by atoms with Crippen molar-refractivity contribution in [2.45, 2.75) is 45.4 Å². The Hall–Kier alpha value is -1.91. The van der Waals surface area contributed by atoms with Gasteiger partial charge in [0.15, 0.2) is 5.67 Å². The molecule has 4 nitrogen and oxygen atoms in total. The van der Waals surface area contributed by atoms with Crippen LogP contribution in [0.15, 0.2) is 24.3 Å². The Kier molecular flexibility index (Phi) is 4.30. The van der Waals surface area contributed by atoms with E-state index in [0.29, 0.717) is 19.5 Å². The number of benzene rings is 1. The maximum atomic E-state index is 13.5. The number of hydrogen-bond acceptors (Lipinski definition) is 2. The molecule has 1 aliphatic rings. The van der Waals surface area contributed by atoms with Gasteiger partial charge in [0.1, 0.15) is 6.04 Å². The molecule has 0 radical (unpaired) electrons. The number of alkyl halides is 1. The standard InChI is InChI=1S/C16H21FN2O2/c1-11-4-6-12(7-5-11)10-19-9-8-13(14(19)20)18-15(21)16(2,3)17/h4-7,13H,8-10H2,1-3H3,(H,18,21)/t13-/m1/s1. The summed E-state index contributed by atoms with van der Waals surface area (Å²) in [6, 6.07) is 7.36. The van der Waals surface area contributed by atoms with Gasteiger partial charge >= 0.3 is 0 Å². The topological polar surface area (TPSA) is 49.4 Å². The Labute approximate surface area is 124 Å². The van der Waals surface area contributed by atoms with Crippen LogP contribution in [0.5, 0.6) is 0 Å². The van der Waals surface area contributed by atoms with E-state index in [0.717, 1.165) is 5.56 Å². The lowest BCUT2D eigenvalue weighted by Gasteiger charge is -2.19. The minimum Gasteiger partial charge on any atom is -0.341 e. The molecule has 1 fully saturated rings. The largest absolute Gasteiger partial charge is 0.341 e. The Morgan fingerprint density at radius 3 is 2.57 bits per heavy atom. The second-order valence-corrected chi connectivity index (χ2v) is 6.03. The Morgan fingerprint density at radius 2 is 2.00 bits per heavy atom. The van der Waals surface area contributed by atoms with Gasteiger partial charge in [-0.1, -0.05) is 29.8 Å². The zero-order valence-corrected chi connectivity index (χ0v) is 12.6. The number of aryl methyl sites for hydroxylation is 1. The van der Waals surface area contributed by atoms with Crippen LogP contribution in [0.25, 0.3) is 0 Å². The van der Waals surface area contributed by atoms with Gasteiger partial charge in [-0.05, 0) is 32.8 Å². The van der Waals surface area contributed by atoms with Crippen molar-refractivity contribution in [2.75, 3.05) is 6.54 Å². The molecule has 0 aromatic heterocycles. The molecule has 2 amide bonds. The molecule has 0 unspecified atom stereocenters. The van der Waals surface area contributed by atoms with Gasteiger partial charge in [0.2, 0.25) is 5.91 Å². The minimum atomic E-state index is -1.97. The molecule has 1 saturated heterocycles. The molecule has 1 atom stereocenters. The number of nitrogens with zero attached hydrogens (tertiary/aromatic N) is 1. The fraction of sp³-hybridized carbons (Fsp3) is 0.500. The van der Waals surface area contributed by atoms with Crippen LogP contribution in [-0.4, -0.2) is 35.0 Å². The molecular formula is C16H21FN2O2. The number of amides is 2. The Morgan fingerprint density at radius 1 is 1.38 bits per heavy atom. The molecule has 0 aliphatic carbocycles. The molecule has 1 aromatic carbocycles. The smallest absolute Gasteiger partial charge is 0.257 e. The van der Waals surface area contributed by atoms with E-state index in [4.69, 9.17) is 0 Å². The second-order valence-electron chi connectivity index (χ2n) is 6.03. The monoisotopic (exact) mass is 292 g/mol. The van der Waals surface area contributed by atoms with Crippen molar-refractivity contribution in [1.29, 1.82) is 0 Å². The highest BCUT2D eigenvalue weighted by Crippen LogP contribution is 2.17. The third-order valence-corrected chi connectivity index (χ3v) is 3.64. The van der Waals surface area contributed by atoms with Gasteiger partial charge in [-0.2, -0.15) is 0 Å². The first-order valence-corrected chi connectivity index (χ1v) is 7.11. The number of likely N-dealkylation sites (tertiary alicyclic amines) is 1. The van der Waals surface area contributed by atoms with Gasteiger partial charge in [-0.25, -0.2) is 4.39 Å². The fourth-order valence-corrected chi connectivity index (χ4v) is 2.27. The quantitative estimate of drug-likeness (QED) is 0.922. The summed E-state index contributed by atoms with van der Waals surface area (Å²) >= 11 is 0. The third-order valence-electron chi connectivity index (χ3n) is 3.64.